The molecule has 0 fully saturated rings. The molecule has 1 rings (SSSR count). The van der Waals surface area contributed by atoms with Crippen LogP contribution in [0, 0.1) is 0 Å². The monoisotopic (exact) mass is 252 g/mol. The SMILES string of the molecule is O=C(O)C(O)(CO)C(=O)C=Cc1cccc(O)c1. The minimum atomic E-state index is -2.84. The van der Waals surface area contributed by atoms with Crippen LogP contribution in [-0.2, 0) is 9.59 Å². The van der Waals surface area contributed by atoms with E-state index in [1.807, 2.05) is 0 Å². The van der Waals surface area contributed by atoms with Gasteiger partial charge in [0.05, 0.1) is 6.61 Å². The lowest BCUT2D eigenvalue weighted by Crippen LogP contribution is -2.49. The molecule has 0 amide bonds. The molecule has 6 nitrogen and oxygen atoms in total. The highest BCUT2D eigenvalue weighted by atomic mass is 16.4. The second-order valence-electron chi connectivity index (χ2n) is 3.62. The van der Waals surface area contributed by atoms with Gasteiger partial charge in [-0.05, 0) is 23.8 Å². The summed E-state index contributed by atoms with van der Waals surface area (Å²) in [5, 5.41) is 36.0. The van der Waals surface area contributed by atoms with Gasteiger partial charge in [-0.15, -0.1) is 0 Å². The van der Waals surface area contributed by atoms with E-state index in [0.717, 1.165) is 6.08 Å². The normalized spacial score (nSPS) is 14.3. The molecule has 1 unspecified atom stereocenters. The smallest absolute Gasteiger partial charge is 0.346 e. The summed E-state index contributed by atoms with van der Waals surface area (Å²) < 4.78 is 0. The minimum absolute atomic E-state index is 0.0137. The third-order valence-corrected chi connectivity index (χ3v) is 2.29. The zero-order valence-electron chi connectivity index (χ0n) is 9.28. The summed E-state index contributed by atoms with van der Waals surface area (Å²) in [4.78, 5) is 22.1. The third-order valence-electron chi connectivity index (χ3n) is 2.29. The molecule has 0 aliphatic carbocycles. The van der Waals surface area contributed by atoms with Crippen LogP contribution in [0.1, 0.15) is 5.56 Å². The Hall–Kier alpha value is -2.18. The highest BCUT2D eigenvalue weighted by molar-refractivity contribution is 6.13. The Labute approximate surface area is 102 Å². The third kappa shape index (κ3) is 2.93. The summed E-state index contributed by atoms with van der Waals surface area (Å²) in [6, 6.07) is 5.89. The number of aliphatic carboxylic acids is 1. The van der Waals surface area contributed by atoms with E-state index in [1.54, 1.807) is 6.07 Å². The number of phenols is 1. The fraction of sp³-hybridized carbons (Fsp3) is 0.167. The van der Waals surface area contributed by atoms with Gasteiger partial charge in [-0.3, -0.25) is 4.79 Å². The van der Waals surface area contributed by atoms with Crippen LogP contribution in [-0.4, -0.2) is 44.4 Å². The van der Waals surface area contributed by atoms with Gasteiger partial charge in [0.25, 0.3) is 0 Å². The molecule has 0 heterocycles. The number of aliphatic hydroxyl groups excluding tert-OH is 1. The van der Waals surface area contributed by atoms with Crippen LogP contribution < -0.4 is 0 Å². The largest absolute Gasteiger partial charge is 0.508 e. The fourth-order valence-corrected chi connectivity index (χ4v) is 1.19. The number of benzene rings is 1. The predicted molar refractivity (Wildman–Crippen MR) is 61.8 cm³/mol. The molecule has 0 saturated carbocycles. The molecular formula is C12H12O6. The van der Waals surface area contributed by atoms with E-state index >= 15 is 0 Å². The number of ketones is 1. The number of carboxylic acid groups (broad SMARTS) is 1. The molecule has 1 aromatic carbocycles. The maximum absolute atomic E-state index is 11.5. The van der Waals surface area contributed by atoms with Gasteiger partial charge in [-0.2, -0.15) is 0 Å². The lowest BCUT2D eigenvalue weighted by atomic mass is 9.99. The maximum Gasteiger partial charge on any atom is 0.346 e. The average Bonchev–Trinajstić information content (AvgIpc) is 2.34. The zero-order chi connectivity index (χ0) is 13.8. The number of aliphatic hydroxyl groups is 2. The van der Waals surface area contributed by atoms with Crippen molar-refractivity contribution in [2.75, 3.05) is 6.61 Å². The number of carbonyl (C=O) groups is 2. The van der Waals surface area contributed by atoms with Gasteiger partial charge in [0.2, 0.25) is 11.4 Å². The van der Waals surface area contributed by atoms with E-state index in [4.69, 9.17) is 10.2 Å². The van der Waals surface area contributed by atoms with Gasteiger partial charge < -0.3 is 20.4 Å². The molecule has 96 valence electrons. The number of hydrogen-bond donors (Lipinski definition) is 4. The van der Waals surface area contributed by atoms with Gasteiger partial charge >= 0.3 is 5.97 Å². The molecule has 0 saturated heterocycles. The van der Waals surface area contributed by atoms with Gasteiger partial charge in [0, 0.05) is 0 Å². The summed E-state index contributed by atoms with van der Waals surface area (Å²) in [6.07, 6.45) is 2.06. The Bertz CT molecular complexity index is 493. The van der Waals surface area contributed by atoms with Crippen molar-refractivity contribution in [2.45, 2.75) is 5.60 Å². The predicted octanol–water partition coefficient (Wildman–Crippen LogP) is -0.217. The van der Waals surface area contributed by atoms with Gasteiger partial charge in [-0.1, -0.05) is 18.2 Å². The molecule has 0 aliphatic rings. The van der Waals surface area contributed by atoms with Crippen molar-refractivity contribution in [3.63, 3.8) is 0 Å². The first-order chi connectivity index (χ1) is 8.40. The summed E-state index contributed by atoms with van der Waals surface area (Å²) in [6.45, 7) is -1.22. The van der Waals surface area contributed by atoms with Crippen molar-refractivity contribution in [3.05, 3.63) is 35.9 Å². The first-order valence-corrected chi connectivity index (χ1v) is 4.98. The number of carbonyl (C=O) groups excluding carboxylic acids is 1. The number of carboxylic acids is 1. The van der Waals surface area contributed by atoms with Crippen molar-refractivity contribution in [2.24, 2.45) is 0 Å². The molecule has 0 bridgehead atoms. The summed E-state index contributed by atoms with van der Waals surface area (Å²) in [7, 11) is 0. The number of rotatable bonds is 5. The Morgan fingerprint density at radius 3 is 2.50 bits per heavy atom. The van der Waals surface area contributed by atoms with Gasteiger partial charge in [-0.25, -0.2) is 4.79 Å². The number of aromatic hydroxyl groups is 1. The molecule has 6 heteroatoms. The van der Waals surface area contributed by atoms with Gasteiger partial charge in [0.1, 0.15) is 5.75 Å². The second-order valence-corrected chi connectivity index (χ2v) is 3.62. The maximum atomic E-state index is 11.5. The highest BCUT2D eigenvalue weighted by Crippen LogP contribution is 2.13. The van der Waals surface area contributed by atoms with Crippen LogP contribution >= 0.6 is 0 Å². The lowest BCUT2D eigenvalue weighted by Gasteiger charge is -2.16. The molecule has 1 atom stereocenters. The van der Waals surface area contributed by atoms with Crippen molar-refractivity contribution in [1.29, 1.82) is 0 Å². The van der Waals surface area contributed by atoms with E-state index in [-0.39, 0.29) is 5.75 Å². The Balaban J connectivity index is 2.91. The Morgan fingerprint density at radius 2 is 2.00 bits per heavy atom. The van der Waals surface area contributed by atoms with E-state index in [9.17, 15) is 19.8 Å². The Kier molecular flexibility index (Phi) is 4.19. The highest BCUT2D eigenvalue weighted by Gasteiger charge is 2.42. The molecule has 4 N–H and O–H groups in total. The molecule has 1 aromatic rings. The second kappa shape index (κ2) is 5.44. The molecular weight excluding hydrogens is 240 g/mol. The first-order valence-electron chi connectivity index (χ1n) is 4.98. The van der Waals surface area contributed by atoms with E-state index in [1.165, 1.54) is 24.3 Å². The summed E-state index contributed by atoms with van der Waals surface area (Å²) in [5.41, 5.74) is -2.39. The molecule has 0 radical (unpaired) electrons. The van der Waals surface area contributed by atoms with Gasteiger partial charge in [0.15, 0.2) is 0 Å². The topological polar surface area (TPSA) is 115 Å². The number of phenolic OH excluding ortho intramolecular Hbond substituents is 1. The molecule has 0 aliphatic heterocycles. The fourth-order valence-electron chi connectivity index (χ4n) is 1.19. The van der Waals surface area contributed by atoms with Crippen LogP contribution in [0.2, 0.25) is 0 Å². The van der Waals surface area contributed by atoms with E-state index in [2.05, 4.69) is 0 Å². The van der Waals surface area contributed by atoms with E-state index in [0.29, 0.717) is 5.56 Å². The first kappa shape index (κ1) is 13.9. The Morgan fingerprint density at radius 1 is 1.33 bits per heavy atom. The lowest BCUT2D eigenvalue weighted by molar-refractivity contribution is -0.167. The van der Waals surface area contributed by atoms with Crippen LogP contribution in [0.5, 0.6) is 5.75 Å². The molecule has 0 aromatic heterocycles. The van der Waals surface area contributed by atoms with Crippen molar-refractivity contribution in [3.8, 4) is 5.75 Å². The number of hydrogen-bond acceptors (Lipinski definition) is 5. The summed E-state index contributed by atoms with van der Waals surface area (Å²) >= 11 is 0. The average molecular weight is 252 g/mol. The van der Waals surface area contributed by atoms with Crippen LogP contribution in [0.3, 0.4) is 0 Å². The molecule has 0 spiro atoms. The van der Waals surface area contributed by atoms with Crippen LogP contribution in [0.15, 0.2) is 30.3 Å². The van der Waals surface area contributed by atoms with E-state index < -0.39 is 24.0 Å². The zero-order valence-corrected chi connectivity index (χ0v) is 9.28. The standard InChI is InChI=1S/C12H12O6/c13-7-12(18,11(16)17)10(15)5-4-8-2-1-3-9(14)6-8/h1-6,13-14,18H,7H2,(H,16,17). The van der Waals surface area contributed by atoms with Crippen molar-refractivity contribution >= 4 is 17.8 Å². The van der Waals surface area contributed by atoms with Crippen molar-refractivity contribution < 1.29 is 30.0 Å². The van der Waals surface area contributed by atoms with Crippen molar-refractivity contribution in [1.82, 2.24) is 0 Å². The van der Waals surface area contributed by atoms with Crippen LogP contribution in [0.25, 0.3) is 6.08 Å². The van der Waals surface area contributed by atoms with Crippen LogP contribution in [0.4, 0.5) is 0 Å². The summed E-state index contributed by atoms with van der Waals surface area (Å²) in [5.74, 6) is -2.99. The molecule has 18 heavy (non-hydrogen) atoms. The minimum Gasteiger partial charge on any atom is -0.508 e. The quantitative estimate of drug-likeness (QED) is 0.425.